The lowest BCUT2D eigenvalue weighted by molar-refractivity contribution is -0.181. The van der Waals surface area contributed by atoms with Gasteiger partial charge in [0.05, 0.1) is 12.5 Å². The van der Waals surface area contributed by atoms with Gasteiger partial charge in [0.2, 0.25) is 0 Å². The van der Waals surface area contributed by atoms with Crippen LogP contribution in [0.5, 0.6) is 5.75 Å². The number of hydrogen-bond acceptors (Lipinski definition) is 3. The Labute approximate surface area is 241 Å². The maximum Gasteiger partial charge on any atom is 0.309 e. The van der Waals surface area contributed by atoms with Gasteiger partial charge in [0.15, 0.2) is 0 Å². The fraction of sp³-hybridized carbons (Fsp3) is 0.395. The third-order valence-electron chi connectivity index (χ3n) is 11.3. The van der Waals surface area contributed by atoms with Gasteiger partial charge in [-0.05, 0) is 90.5 Å². The molecule has 0 spiro atoms. The molecule has 4 saturated carbocycles. The molecular weight excluding hydrogens is 504 g/mol. The van der Waals surface area contributed by atoms with Crippen molar-refractivity contribution in [3.8, 4) is 5.75 Å². The minimum Gasteiger partial charge on any atom is -0.487 e. The van der Waals surface area contributed by atoms with Gasteiger partial charge in [0.1, 0.15) is 11.4 Å². The summed E-state index contributed by atoms with van der Waals surface area (Å²) in [5.41, 5.74) is 5.32. The molecule has 3 atom stereocenters. The standard InChI is InChI=1S/C38H36O3/c39-36(33-17-32-28-11-3-5-13-30(28)35(33)31-14-6-4-12-29(31)32)40-23-37-18-24-16-25(19-37)21-38(20-24,22-37)41-34-15-7-9-26-8-1-2-10-27(26)34/h1-15,24-25,32-33,35H,16-23H2. The minimum atomic E-state index is -0.150. The van der Waals surface area contributed by atoms with Crippen molar-refractivity contribution in [2.24, 2.45) is 23.2 Å². The van der Waals surface area contributed by atoms with Crippen molar-refractivity contribution in [2.75, 3.05) is 6.61 Å². The van der Waals surface area contributed by atoms with Crippen LogP contribution in [0.15, 0.2) is 91.0 Å². The fourth-order valence-electron chi connectivity index (χ4n) is 10.4. The molecule has 0 heterocycles. The molecule has 0 radical (unpaired) electrons. The third-order valence-corrected chi connectivity index (χ3v) is 11.3. The molecule has 0 aromatic heterocycles. The summed E-state index contributed by atoms with van der Waals surface area (Å²) in [6.07, 6.45) is 7.73. The maximum atomic E-state index is 14.0. The molecule has 0 aliphatic heterocycles. The van der Waals surface area contributed by atoms with Crippen LogP contribution >= 0.6 is 0 Å². The van der Waals surface area contributed by atoms with Crippen LogP contribution < -0.4 is 4.74 Å². The summed E-state index contributed by atoms with van der Waals surface area (Å²) < 4.78 is 13.5. The molecule has 4 fully saturated rings. The van der Waals surface area contributed by atoms with Crippen LogP contribution in [-0.2, 0) is 9.53 Å². The molecule has 0 N–H and O–H groups in total. The molecule has 3 heteroatoms. The van der Waals surface area contributed by atoms with Gasteiger partial charge >= 0.3 is 5.97 Å². The Morgan fingerprint density at radius 1 is 0.707 bits per heavy atom. The largest absolute Gasteiger partial charge is 0.487 e. The highest BCUT2D eigenvalue weighted by molar-refractivity contribution is 5.88. The van der Waals surface area contributed by atoms with Crippen molar-refractivity contribution >= 4 is 16.7 Å². The Kier molecular flexibility index (Phi) is 5.11. The van der Waals surface area contributed by atoms with Crippen LogP contribution in [0.2, 0.25) is 0 Å². The highest BCUT2D eigenvalue weighted by Gasteiger charge is 2.60. The summed E-state index contributed by atoms with van der Waals surface area (Å²) in [5, 5.41) is 2.42. The van der Waals surface area contributed by atoms with Crippen molar-refractivity contribution in [1.29, 1.82) is 0 Å². The SMILES string of the molecule is O=C(OCC12CC3CC(C1)CC(Oc1cccc4ccccc14)(C3)C2)C1CC2c3ccccc3C1c1ccccc12. The first-order chi connectivity index (χ1) is 20.1. The highest BCUT2D eigenvalue weighted by Crippen LogP contribution is 2.63. The van der Waals surface area contributed by atoms with Crippen molar-refractivity contribution in [3.63, 3.8) is 0 Å². The molecule has 41 heavy (non-hydrogen) atoms. The molecule has 3 unspecified atom stereocenters. The minimum absolute atomic E-state index is 0.00349. The summed E-state index contributed by atoms with van der Waals surface area (Å²) in [5.74, 6) is 2.60. The third kappa shape index (κ3) is 3.67. The topological polar surface area (TPSA) is 35.5 Å². The fourth-order valence-corrected chi connectivity index (χ4v) is 10.4. The van der Waals surface area contributed by atoms with Crippen molar-refractivity contribution < 1.29 is 14.3 Å². The lowest BCUT2D eigenvalue weighted by Crippen LogP contribution is -2.59. The average Bonchev–Trinajstić information content (AvgIpc) is 2.99. The molecule has 3 nitrogen and oxygen atoms in total. The van der Waals surface area contributed by atoms with E-state index in [2.05, 4.69) is 91.0 Å². The van der Waals surface area contributed by atoms with Gasteiger partial charge in [-0.3, -0.25) is 4.79 Å². The van der Waals surface area contributed by atoms with E-state index in [4.69, 9.17) is 9.47 Å². The summed E-state index contributed by atoms with van der Waals surface area (Å²) in [6, 6.07) is 32.5. The molecule has 0 saturated heterocycles. The molecule has 7 aliphatic carbocycles. The van der Waals surface area contributed by atoms with Crippen LogP contribution in [-0.4, -0.2) is 18.2 Å². The number of ether oxygens (including phenoxy) is 2. The molecule has 11 rings (SSSR count). The number of carbonyl (C=O) groups is 1. The van der Waals surface area contributed by atoms with Gasteiger partial charge in [0.25, 0.3) is 0 Å². The van der Waals surface area contributed by atoms with Gasteiger partial charge in [-0.15, -0.1) is 0 Å². The maximum absolute atomic E-state index is 14.0. The zero-order valence-electron chi connectivity index (χ0n) is 23.4. The van der Waals surface area contributed by atoms with E-state index in [1.54, 1.807) is 0 Å². The molecule has 4 aromatic carbocycles. The lowest BCUT2D eigenvalue weighted by atomic mass is 9.48. The summed E-state index contributed by atoms with van der Waals surface area (Å²) in [7, 11) is 0. The second-order valence-electron chi connectivity index (χ2n) is 14.0. The predicted molar refractivity (Wildman–Crippen MR) is 160 cm³/mol. The Morgan fingerprint density at radius 2 is 1.34 bits per heavy atom. The van der Waals surface area contributed by atoms with E-state index in [0.717, 1.165) is 31.4 Å². The van der Waals surface area contributed by atoms with E-state index in [9.17, 15) is 4.79 Å². The van der Waals surface area contributed by atoms with Crippen LogP contribution in [0, 0.1) is 23.2 Å². The van der Waals surface area contributed by atoms with Gasteiger partial charge in [-0.1, -0.05) is 84.9 Å². The zero-order chi connectivity index (χ0) is 27.2. The Bertz CT molecular complexity index is 1620. The van der Waals surface area contributed by atoms with Crippen molar-refractivity contribution in [2.45, 2.75) is 62.4 Å². The molecule has 7 aliphatic rings. The van der Waals surface area contributed by atoms with Gasteiger partial charge < -0.3 is 9.47 Å². The Balaban J connectivity index is 0.980. The zero-order valence-corrected chi connectivity index (χ0v) is 23.4. The number of benzene rings is 4. The van der Waals surface area contributed by atoms with E-state index >= 15 is 0 Å². The smallest absolute Gasteiger partial charge is 0.309 e. The normalized spacial score (nSPS) is 33.8. The van der Waals surface area contributed by atoms with Crippen LogP contribution in [0.3, 0.4) is 0 Å². The van der Waals surface area contributed by atoms with E-state index in [0.29, 0.717) is 18.4 Å². The number of rotatable bonds is 5. The average molecular weight is 541 g/mol. The second-order valence-corrected chi connectivity index (χ2v) is 14.0. The molecule has 0 amide bonds. The van der Waals surface area contributed by atoms with E-state index in [-0.39, 0.29) is 34.7 Å². The molecule has 206 valence electrons. The van der Waals surface area contributed by atoms with Crippen molar-refractivity contribution in [3.05, 3.63) is 113 Å². The van der Waals surface area contributed by atoms with Crippen LogP contribution in [0.1, 0.15) is 79.0 Å². The summed E-state index contributed by atoms with van der Waals surface area (Å²) >= 11 is 0. The number of carbonyl (C=O) groups excluding carboxylic acids is 1. The Hall–Kier alpha value is -3.59. The number of fused-ring (bicyclic) bond motifs is 2. The summed E-state index contributed by atoms with van der Waals surface area (Å²) in [4.78, 5) is 14.0. The predicted octanol–water partition coefficient (Wildman–Crippen LogP) is 8.40. The molecule has 4 aromatic rings. The first-order valence-corrected chi connectivity index (χ1v) is 15.6. The van der Waals surface area contributed by atoms with E-state index < -0.39 is 0 Å². The number of esters is 1. The first-order valence-electron chi connectivity index (χ1n) is 15.6. The van der Waals surface area contributed by atoms with E-state index in [1.807, 2.05) is 0 Å². The molecular formula is C38H36O3. The van der Waals surface area contributed by atoms with Crippen molar-refractivity contribution in [1.82, 2.24) is 0 Å². The molecule has 6 bridgehead atoms. The Morgan fingerprint density at radius 3 is 2.07 bits per heavy atom. The number of hydrogen-bond donors (Lipinski definition) is 0. The first kappa shape index (κ1) is 24.1. The van der Waals surface area contributed by atoms with Crippen LogP contribution in [0.25, 0.3) is 10.8 Å². The lowest BCUT2D eigenvalue weighted by Gasteiger charge is -2.61. The summed E-state index contributed by atoms with van der Waals surface area (Å²) in [6.45, 7) is 0.538. The van der Waals surface area contributed by atoms with Crippen LogP contribution in [0.4, 0.5) is 0 Å². The second kappa shape index (κ2) is 8.71. The monoisotopic (exact) mass is 540 g/mol. The highest BCUT2D eigenvalue weighted by atomic mass is 16.5. The van der Waals surface area contributed by atoms with E-state index in [1.165, 1.54) is 52.3 Å². The van der Waals surface area contributed by atoms with Gasteiger partial charge in [-0.2, -0.15) is 0 Å². The van der Waals surface area contributed by atoms with Gasteiger partial charge in [0, 0.05) is 22.6 Å². The van der Waals surface area contributed by atoms with Gasteiger partial charge in [-0.25, -0.2) is 0 Å². The quantitative estimate of drug-likeness (QED) is 0.239.